The Labute approximate surface area is 109 Å². The summed E-state index contributed by atoms with van der Waals surface area (Å²) in [6.07, 6.45) is 0.354. The van der Waals surface area contributed by atoms with Crippen molar-refractivity contribution in [2.45, 2.75) is 37.8 Å². The molecule has 0 unspecified atom stereocenters. The van der Waals surface area contributed by atoms with E-state index in [2.05, 4.69) is 0 Å². The van der Waals surface area contributed by atoms with Crippen molar-refractivity contribution in [3.8, 4) is 0 Å². The van der Waals surface area contributed by atoms with E-state index in [0.29, 0.717) is 16.7 Å². The number of hydrogen-bond acceptors (Lipinski definition) is 4. The summed E-state index contributed by atoms with van der Waals surface area (Å²) in [6.45, 7) is 3.96. The van der Waals surface area contributed by atoms with E-state index in [4.69, 9.17) is 13.9 Å². The van der Waals surface area contributed by atoms with Gasteiger partial charge < -0.3 is 13.9 Å². The van der Waals surface area contributed by atoms with Crippen LogP contribution in [0.3, 0.4) is 0 Å². The maximum atomic E-state index is 12.1. The smallest absolute Gasteiger partial charge is 0.193 e. The van der Waals surface area contributed by atoms with Gasteiger partial charge in [0.25, 0.3) is 0 Å². The highest BCUT2D eigenvalue weighted by molar-refractivity contribution is 5.76. The molecule has 4 atom stereocenters. The molecule has 3 heterocycles. The minimum Gasteiger partial charge on any atom is -0.458 e. The molecule has 4 heteroatoms. The second kappa shape index (κ2) is 3.46. The highest BCUT2D eigenvalue weighted by Crippen LogP contribution is 2.52. The van der Waals surface area contributed by atoms with Crippen LogP contribution in [0.5, 0.6) is 0 Å². The highest BCUT2D eigenvalue weighted by Gasteiger charge is 2.65. The molecule has 1 aromatic carbocycles. The molecule has 0 N–H and O–H groups in total. The Morgan fingerprint density at radius 2 is 2.00 bits per heavy atom. The van der Waals surface area contributed by atoms with E-state index < -0.39 is 5.60 Å². The van der Waals surface area contributed by atoms with Gasteiger partial charge in [0.05, 0.1) is 11.5 Å². The third-order valence-electron chi connectivity index (χ3n) is 4.04. The van der Waals surface area contributed by atoms with Crippen molar-refractivity contribution in [2.75, 3.05) is 0 Å². The van der Waals surface area contributed by atoms with Gasteiger partial charge in [0.1, 0.15) is 23.6 Å². The van der Waals surface area contributed by atoms with Gasteiger partial charge in [0.2, 0.25) is 0 Å². The molecule has 0 amide bonds. The van der Waals surface area contributed by atoms with Gasteiger partial charge in [-0.2, -0.15) is 0 Å². The first-order valence-corrected chi connectivity index (χ1v) is 6.46. The van der Waals surface area contributed by atoms with E-state index >= 15 is 0 Å². The van der Waals surface area contributed by atoms with Crippen molar-refractivity contribution in [3.63, 3.8) is 0 Å². The van der Waals surface area contributed by atoms with Crippen LogP contribution < -0.4 is 5.43 Å². The zero-order valence-electron chi connectivity index (χ0n) is 10.8. The molecule has 0 saturated carbocycles. The average Bonchev–Trinajstić information content (AvgIpc) is 3.28. The summed E-state index contributed by atoms with van der Waals surface area (Å²) in [7, 11) is 0. The van der Waals surface area contributed by atoms with Crippen LogP contribution in [0.1, 0.15) is 19.6 Å². The molecule has 2 saturated heterocycles. The Morgan fingerprint density at radius 1 is 1.26 bits per heavy atom. The maximum absolute atomic E-state index is 12.1. The minimum atomic E-state index is -0.529. The number of rotatable bonds is 2. The molecule has 19 heavy (non-hydrogen) atoms. The summed E-state index contributed by atoms with van der Waals surface area (Å²) in [4.78, 5) is 12.1. The lowest BCUT2D eigenvalue weighted by atomic mass is 10.0. The van der Waals surface area contributed by atoms with Gasteiger partial charge in [-0.1, -0.05) is 12.1 Å². The van der Waals surface area contributed by atoms with Gasteiger partial charge in [0.15, 0.2) is 11.0 Å². The molecule has 0 bridgehead atoms. The normalized spacial score (nSPS) is 36.4. The van der Waals surface area contributed by atoms with Crippen molar-refractivity contribution in [3.05, 3.63) is 46.3 Å². The van der Waals surface area contributed by atoms with Gasteiger partial charge in [-0.3, -0.25) is 4.79 Å². The minimum absolute atomic E-state index is 0.00758. The lowest BCUT2D eigenvalue weighted by Crippen LogP contribution is -2.15. The molecule has 2 fully saturated rings. The fourth-order valence-electron chi connectivity index (χ4n) is 2.68. The lowest BCUT2D eigenvalue weighted by Gasteiger charge is -2.06. The predicted molar refractivity (Wildman–Crippen MR) is 69.0 cm³/mol. The quantitative estimate of drug-likeness (QED) is 0.775. The summed E-state index contributed by atoms with van der Waals surface area (Å²) in [5.74, 6) is 0.587. The van der Waals surface area contributed by atoms with E-state index in [-0.39, 0.29) is 23.7 Å². The van der Waals surface area contributed by atoms with Crippen LogP contribution in [0, 0.1) is 0 Å². The van der Waals surface area contributed by atoms with Gasteiger partial charge in [-0.25, -0.2) is 0 Å². The van der Waals surface area contributed by atoms with Crippen molar-refractivity contribution in [1.82, 2.24) is 0 Å². The van der Waals surface area contributed by atoms with E-state index in [1.54, 1.807) is 12.1 Å². The number of epoxide rings is 2. The molecule has 0 aliphatic carbocycles. The third kappa shape index (κ3) is 1.57. The third-order valence-corrected chi connectivity index (χ3v) is 4.04. The van der Waals surface area contributed by atoms with Gasteiger partial charge in [0, 0.05) is 6.07 Å². The van der Waals surface area contributed by atoms with Crippen molar-refractivity contribution < 1.29 is 13.9 Å². The Kier molecular flexibility index (Phi) is 2.04. The van der Waals surface area contributed by atoms with E-state index in [1.807, 2.05) is 26.0 Å². The second-order valence-electron chi connectivity index (χ2n) is 5.42. The van der Waals surface area contributed by atoms with Gasteiger partial charge >= 0.3 is 0 Å². The van der Waals surface area contributed by atoms with E-state index in [9.17, 15) is 4.79 Å². The first kappa shape index (κ1) is 11.2. The van der Waals surface area contributed by atoms with Crippen LogP contribution in [0.4, 0.5) is 0 Å². The van der Waals surface area contributed by atoms with Crippen molar-refractivity contribution >= 4 is 11.0 Å². The van der Waals surface area contributed by atoms with Gasteiger partial charge in [-0.05, 0) is 26.0 Å². The fourth-order valence-corrected chi connectivity index (χ4v) is 2.68. The highest BCUT2D eigenvalue weighted by atomic mass is 16.7. The standard InChI is InChI=1S/C15H14O4/c1-8-13(17-8)14-15(2,19-14)12-7-10(16)9-5-3-4-6-11(9)18-12/h3-8,13-14H,1-2H3/t8-,13+,14-,15-/m0/s1. The number of para-hydroxylation sites is 1. The van der Waals surface area contributed by atoms with Crippen molar-refractivity contribution in [2.24, 2.45) is 0 Å². The first-order valence-electron chi connectivity index (χ1n) is 6.46. The lowest BCUT2D eigenvalue weighted by molar-refractivity contribution is 0.267. The zero-order valence-corrected chi connectivity index (χ0v) is 10.8. The molecule has 4 nitrogen and oxygen atoms in total. The SMILES string of the molecule is C[C@@H]1O[C@H]1[C@@H]1O[C@@]1(C)c1cc(=O)c2ccccc2o1. The molecule has 1 aromatic heterocycles. The summed E-state index contributed by atoms with van der Waals surface area (Å²) in [5, 5.41) is 0.600. The number of benzene rings is 1. The molecule has 0 radical (unpaired) electrons. The topological polar surface area (TPSA) is 55.3 Å². The van der Waals surface area contributed by atoms with E-state index in [0.717, 1.165) is 0 Å². The fraction of sp³-hybridized carbons (Fsp3) is 0.400. The summed E-state index contributed by atoms with van der Waals surface area (Å²) in [5.41, 5.74) is 0.0425. The molecule has 0 spiro atoms. The molecule has 2 aliphatic heterocycles. The van der Waals surface area contributed by atoms with Crippen LogP contribution in [-0.2, 0) is 15.1 Å². The Balaban J connectivity index is 1.78. The van der Waals surface area contributed by atoms with Crippen molar-refractivity contribution in [1.29, 1.82) is 0 Å². The van der Waals surface area contributed by atoms with Crippen LogP contribution >= 0.6 is 0 Å². The molecule has 2 aliphatic rings. The summed E-state index contributed by atoms with van der Waals surface area (Å²) in [6, 6.07) is 8.79. The monoisotopic (exact) mass is 258 g/mol. The molecular weight excluding hydrogens is 244 g/mol. The molecule has 4 rings (SSSR count). The van der Waals surface area contributed by atoms with Crippen LogP contribution in [0.25, 0.3) is 11.0 Å². The Morgan fingerprint density at radius 3 is 2.74 bits per heavy atom. The van der Waals surface area contributed by atoms with Crippen LogP contribution in [-0.4, -0.2) is 18.3 Å². The first-order chi connectivity index (χ1) is 9.09. The van der Waals surface area contributed by atoms with E-state index in [1.165, 1.54) is 6.07 Å². The van der Waals surface area contributed by atoms with Crippen LogP contribution in [0.2, 0.25) is 0 Å². The zero-order chi connectivity index (χ0) is 13.2. The summed E-state index contributed by atoms with van der Waals surface area (Å²) >= 11 is 0. The predicted octanol–water partition coefficient (Wildman–Crippen LogP) is 2.19. The number of fused-ring (bicyclic) bond motifs is 1. The Hall–Kier alpha value is -1.65. The second-order valence-corrected chi connectivity index (χ2v) is 5.42. The average molecular weight is 258 g/mol. The number of hydrogen-bond donors (Lipinski definition) is 0. The maximum Gasteiger partial charge on any atom is 0.193 e. The van der Waals surface area contributed by atoms with Gasteiger partial charge in [-0.15, -0.1) is 0 Å². The molecular formula is C15H14O4. The number of ether oxygens (including phenoxy) is 2. The summed E-state index contributed by atoms with van der Waals surface area (Å²) < 4.78 is 17.0. The Bertz CT molecular complexity index is 719. The van der Waals surface area contributed by atoms with Crippen LogP contribution in [0.15, 0.2) is 39.5 Å². The molecule has 98 valence electrons. The largest absolute Gasteiger partial charge is 0.458 e. The molecule has 2 aromatic rings.